The van der Waals surface area contributed by atoms with Crippen molar-refractivity contribution in [1.29, 1.82) is 0 Å². The van der Waals surface area contributed by atoms with E-state index >= 15 is 0 Å². The summed E-state index contributed by atoms with van der Waals surface area (Å²) < 4.78 is 5.88. The van der Waals surface area contributed by atoms with Crippen molar-refractivity contribution in [2.75, 3.05) is 11.5 Å². The van der Waals surface area contributed by atoms with Gasteiger partial charge >= 0.3 is 0 Å². The number of hydrogen-bond acceptors (Lipinski definition) is 3. The zero-order valence-electron chi connectivity index (χ0n) is 23.4. The van der Waals surface area contributed by atoms with Gasteiger partial charge in [0, 0.05) is 11.1 Å². The molecule has 3 heteroatoms. The molecule has 0 unspecified atom stereocenters. The van der Waals surface area contributed by atoms with Gasteiger partial charge in [0.2, 0.25) is 0 Å². The van der Waals surface area contributed by atoms with Crippen molar-refractivity contribution in [3.8, 4) is 5.75 Å². The number of para-hydroxylation sites is 2. The second-order valence-electron chi connectivity index (χ2n) is 12.8. The van der Waals surface area contributed by atoms with Gasteiger partial charge in [-0.25, -0.2) is 0 Å². The van der Waals surface area contributed by atoms with E-state index in [-0.39, 0.29) is 11.0 Å². The standard InChI is InChI=1S/C37H38N2O/c1-3-23-40-28-15-17-29-26(24-28)13-16-31-30(29)19-21-36(2)32(31)20-22-37(36)35(39(37)27-10-5-4-6-11-27)34-18-14-25-9-7-8-12-33(25)38-34/h3-12,14-15,17-18,24,30-32,35H,1,13,16,19-23H2,2H3/t30-,31-,32+,35+,36+,37-,39?/m1/s1. The molecule has 1 saturated heterocycles. The van der Waals surface area contributed by atoms with Crippen LogP contribution in [0.25, 0.3) is 10.9 Å². The predicted octanol–water partition coefficient (Wildman–Crippen LogP) is 8.66. The minimum atomic E-state index is 0.141. The highest BCUT2D eigenvalue weighted by Crippen LogP contribution is 2.76. The Hall–Kier alpha value is -3.59. The lowest BCUT2D eigenvalue weighted by molar-refractivity contribution is 0.0409. The highest BCUT2D eigenvalue weighted by molar-refractivity contribution is 5.79. The van der Waals surface area contributed by atoms with Crippen LogP contribution in [0.5, 0.6) is 5.75 Å². The van der Waals surface area contributed by atoms with Crippen molar-refractivity contribution < 1.29 is 4.74 Å². The molecule has 3 fully saturated rings. The smallest absolute Gasteiger partial charge is 0.120 e. The Morgan fingerprint density at radius 2 is 1.80 bits per heavy atom. The molecule has 3 aromatic carbocycles. The summed E-state index contributed by atoms with van der Waals surface area (Å²) in [5, 5.41) is 1.22. The summed E-state index contributed by atoms with van der Waals surface area (Å²) in [7, 11) is 0. The SMILES string of the molecule is C=CCOc1ccc2c(c1)CC[C@@H]1[C@@H]2CC[C@@]2(C)[C@H]1CC[C@@]21[C@H](c2ccc3ccccc3n2)N1c1ccccc1. The van der Waals surface area contributed by atoms with Crippen LogP contribution < -0.4 is 9.64 Å². The average molecular weight is 527 g/mol. The minimum absolute atomic E-state index is 0.141. The van der Waals surface area contributed by atoms with Crippen molar-refractivity contribution in [1.82, 2.24) is 4.98 Å². The molecule has 1 aliphatic heterocycles. The first-order valence-electron chi connectivity index (χ1n) is 15.2. The maximum atomic E-state index is 5.88. The van der Waals surface area contributed by atoms with Gasteiger partial charge in [0.15, 0.2) is 0 Å². The third-order valence-electron chi connectivity index (χ3n) is 11.3. The van der Waals surface area contributed by atoms with Crippen LogP contribution in [0, 0.1) is 17.3 Å². The largest absolute Gasteiger partial charge is 0.490 e. The van der Waals surface area contributed by atoms with Crippen molar-refractivity contribution in [2.45, 2.75) is 62.9 Å². The van der Waals surface area contributed by atoms with Crippen LogP contribution in [0.4, 0.5) is 5.69 Å². The normalized spacial score (nSPS) is 31.9. The third-order valence-corrected chi connectivity index (χ3v) is 11.3. The Morgan fingerprint density at radius 3 is 2.67 bits per heavy atom. The first-order valence-corrected chi connectivity index (χ1v) is 15.2. The third kappa shape index (κ3) is 3.33. The number of hydrogen-bond donors (Lipinski definition) is 0. The lowest BCUT2D eigenvalue weighted by Crippen LogP contribution is -2.47. The molecule has 6 atom stereocenters. The molecular weight excluding hydrogens is 488 g/mol. The lowest BCUT2D eigenvalue weighted by atomic mass is 9.53. The van der Waals surface area contributed by atoms with Crippen molar-refractivity contribution in [2.24, 2.45) is 17.3 Å². The van der Waals surface area contributed by atoms with Crippen LogP contribution in [0.3, 0.4) is 0 Å². The molecule has 2 saturated carbocycles. The summed E-state index contributed by atoms with van der Waals surface area (Å²) in [6.07, 6.45) is 9.42. The zero-order chi connectivity index (χ0) is 26.9. The van der Waals surface area contributed by atoms with Gasteiger partial charge < -0.3 is 9.64 Å². The molecular formula is C37H38N2O. The van der Waals surface area contributed by atoms with Crippen LogP contribution in [0.1, 0.15) is 67.8 Å². The highest BCUT2D eigenvalue weighted by Gasteiger charge is 2.77. The van der Waals surface area contributed by atoms with Gasteiger partial charge in [0.25, 0.3) is 0 Å². The fraction of sp³-hybridized carbons (Fsp3) is 0.378. The van der Waals surface area contributed by atoms with Gasteiger partial charge in [-0.15, -0.1) is 0 Å². The van der Waals surface area contributed by atoms with E-state index in [9.17, 15) is 0 Å². The zero-order valence-corrected chi connectivity index (χ0v) is 23.4. The monoisotopic (exact) mass is 526 g/mol. The molecule has 0 radical (unpaired) electrons. The highest BCUT2D eigenvalue weighted by atomic mass is 16.5. The number of rotatable bonds is 5. The first kappa shape index (κ1) is 24.2. The number of fused-ring (bicyclic) bond motifs is 7. The summed E-state index contributed by atoms with van der Waals surface area (Å²) >= 11 is 0. The lowest BCUT2D eigenvalue weighted by Gasteiger charge is -2.51. The van der Waals surface area contributed by atoms with Crippen molar-refractivity contribution >= 4 is 16.6 Å². The van der Waals surface area contributed by atoms with Crippen LogP contribution >= 0.6 is 0 Å². The molecule has 202 valence electrons. The second-order valence-corrected chi connectivity index (χ2v) is 12.8. The van der Waals surface area contributed by atoms with Gasteiger partial charge in [-0.05, 0) is 109 Å². The molecule has 8 rings (SSSR count). The van der Waals surface area contributed by atoms with E-state index in [4.69, 9.17) is 9.72 Å². The summed E-state index contributed by atoms with van der Waals surface area (Å²) in [6.45, 7) is 7.02. The maximum Gasteiger partial charge on any atom is 0.120 e. The predicted molar refractivity (Wildman–Crippen MR) is 163 cm³/mol. The van der Waals surface area contributed by atoms with E-state index in [0.717, 1.165) is 23.1 Å². The number of aryl methyl sites for hydroxylation is 1. The van der Waals surface area contributed by atoms with Crippen molar-refractivity contribution in [3.05, 3.63) is 114 Å². The average Bonchev–Trinajstić information content (AvgIpc) is 3.60. The Kier molecular flexibility index (Phi) is 5.43. The fourth-order valence-electron chi connectivity index (χ4n) is 9.61. The Bertz CT molecular complexity index is 1600. The summed E-state index contributed by atoms with van der Waals surface area (Å²) in [5.74, 6) is 3.16. The molecule has 0 N–H and O–H groups in total. The molecule has 4 aliphatic rings. The van der Waals surface area contributed by atoms with Crippen LogP contribution in [-0.4, -0.2) is 17.1 Å². The van der Waals surface area contributed by atoms with Crippen molar-refractivity contribution in [3.63, 3.8) is 0 Å². The van der Waals surface area contributed by atoms with Gasteiger partial charge in [-0.3, -0.25) is 4.98 Å². The Labute approximate surface area is 237 Å². The second kappa shape index (κ2) is 8.96. The number of nitrogens with zero attached hydrogens (tertiary/aromatic N) is 2. The summed E-state index contributed by atoms with van der Waals surface area (Å²) in [6, 6.07) is 31.5. The van der Waals surface area contributed by atoms with Gasteiger partial charge in [-0.2, -0.15) is 0 Å². The summed E-state index contributed by atoms with van der Waals surface area (Å²) in [4.78, 5) is 8.05. The first-order chi connectivity index (χ1) is 19.6. The molecule has 3 nitrogen and oxygen atoms in total. The van der Waals surface area contributed by atoms with Crippen LogP contribution in [0.15, 0.2) is 97.6 Å². The van der Waals surface area contributed by atoms with E-state index in [1.165, 1.54) is 60.9 Å². The Morgan fingerprint density at radius 1 is 0.950 bits per heavy atom. The van der Waals surface area contributed by atoms with Crippen LogP contribution in [-0.2, 0) is 6.42 Å². The molecule has 1 aromatic heterocycles. The van der Waals surface area contributed by atoms with E-state index < -0.39 is 0 Å². The number of benzene rings is 3. The van der Waals surface area contributed by atoms with Gasteiger partial charge in [-0.1, -0.05) is 68.1 Å². The molecule has 2 heterocycles. The van der Waals surface area contributed by atoms with Crippen LogP contribution in [0.2, 0.25) is 0 Å². The number of pyridine rings is 1. The van der Waals surface area contributed by atoms with E-state index in [1.807, 2.05) is 6.08 Å². The molecule has 4 aromatic rings. The topological polar surface area (TPSA) is 25.1 Å². The number of anilines is 1. The maximum absolute atomic E-state index is 5.88. The molecule has 3 aliphatic carbocycles. The van der Waals surface area contributed by atoms with E-state index in [2.05, 4.69) is 103 Å². The van der Waals surface area contributed by atoms with E-state index in [0.29, 0.717) is 18.6 Å². The van der Waals surface area contributed by atoms with Gasteiger partial charge in [0.1, 0.15) is 12.4 Å². The number of aromatic nitrogens is 1. The molecule has 0 amide bonds. The summed E-state index contributed by atoms with van der Waals surface area (Å²) in [5.41, 5.74) is 7.22. The quantitative estimate of drug-likeness (QED) is 0.192. The van der Waals surface area contributed by atoms with Gasteiger partial charge in [0.05, 0.1) is 22.8 Å². The Balaban J connectivity index is 1.16. The van der Waals surface area contributed by atoms with E-state index in [1.54, 1.807) is 5.56 Å². The minimum Gasteiger partial charge on any atom is -0.490 e. The molecule has 40 heavy (non-hydrogen) atoms. The molecule has 1 spiro atoms. The fourth-order valence-corrected chi connectivity index (χ4v) is 9.61. The molecule has 0 bridgehead atoms. The number of ether oxygens (including phenoxy) is 1.